The molecule has 0 N–H and O–H groups in total. The summed E-state index contributed by atoms with van der Waals surface area (Å²) in [4.78, 5) is 4.26. The second-order valence-corrected chi connectivity index (χ2v) is 5.36. The van der Waals surface area contributed by atoms with Crippen LogP contribution in [-0.4, -0.2) is 59.6 Å². The highest BCUT2D eigenvalue weighted by Gasteiger charge is 2.34. The smallest absolute Gasteiger partial charge is 0.157 e. The van der Waals surface area contributed by atoms with E-state index in [1.807, 2.05) is 40.8 Å². The average Bonchev–Trinajstić information content (AvgIpc) is 2.03. The first-order valence-electron chi connectivity index (χ1n) is 4.61. The SMILES string of the molecule is C=C[SiH2]C(OCC)(N(C)C)N(C)C. The highest BCUT2D eigenvalue weighted by Crippen LogP contribution is 2.15. The lowest BCUT2D eigenvalue weighted by molar-refractivity contribution is -0.155. The molecule has 3 nitrogen and oxygen atoms in total. The minimum Gasteiger partial charge on any atom is -0.351 e. The standard InChI is InChI=1S/C9H22N2OSi/c1-7-12-9(10(3)4,11(5)6)13-8-2/h8H,2,7,13H2,1,3-6H3. The fourth-order valence-electron chi connectivity index (χ4n) is 1.50. The van der Waals surface area contributed by atoms with E-state index in [2.05, 4.69) is 16.4 Å². The largest absolute Gasteiger partial charge is 0.351 e. The Morgan fingerprint density at radius 1 is 1.31 bits per heavy atom. The van der Waals surface area contributed by atoms with E-state index >= 15 is 0 Å². The van der Waals surface area contributed by atoms with Crippen molar-refractivity contribution in [3.05, 3.63) is 12.3 Å². The zero-order valence-electron chi connectivity index (χ0n) is 9.50. The van der Waals surface area contributed by atoms with Crippen molar-refractivity contribution in [2.75, 3.05) is 34.8 Å². The van der Waals surface area contributed by atoms with Gasteiger partial charge >= 0.3 is 0 Å². The van der Waals surface area contributed by atoms with Gasteiger partial charge in [0.15, 0.2) is 5.47 Å². The molecule has 4 heteroatoms. The number of hydrogen-bond donors (Lipinski definition) is 0. The van der Waals surface area contributed by atoms with E-state index in [4.69, 9.17) is 4.74 Å². The molecule has 0 unspecified atom stereocenters. The molecular formula is C9H22N2OSi. The number of ether oxygens (including phenoxy) is 1. The lowest BCUT2D eigenvalue weighted by Gasteiger charge is -2.44. The first kappa shape index (κ1) is 12.8. The molecule has 78 valence electrons. The van der Waals surface area contributed by atoms with Crippen LogP contribution < -0.4 is 0 Å². The first-order chi connectivity index (χ1) is 6.01. The molecule has 0 heterocycles. The van der Waals surface area contributed by atoms with Crippen molar-refractivity contribution in [1.29, 1.82) is 0 Å². The van der Waals surface area contributed by atoms with Crippen molar-refractivity contribution in [3.8, 4) is 0 Å². The van der Waals surface area contributed by atoms with Crippen LogP contribution in [0.2, 0.25) is 0 Å². The Bertz CT molecular complexity index is 152. The highest BCUT2D eigenvalue weighted by atomic mass is 28.2. The van der Waals surface area contributed by atoms with Crippen molar-refractivity contribution in [3.63, 3.8) is 0 Å². The summed E-state index contributed by atoms with van der Waals surface area (Å²) in [5.41, 5.74) is 1.81. The molecule has 0 aromatic heterocycles. The molecule has 0 rings (SSSR count). The van der Waals surface area contributed by atoms with E-state index in [-0.39, 0.29) is 5.47 Å². The topological polar surface area (TPSA) is 15.7 Å². The fourth-order valence-corrected chi connectivity index (χ4v) is 2.93. The van der Waals surface area contributed by atoms with Crippen LogP contribution in [0, 0.1) is 0 Å². The van der Waals surface area contributed by atoms with Gasteiger partial charge in [0.2, 0.25) is 0 Å². The second-order valence-electron chi connectivity index (χ2n) is 3.46. The molecule has 0 aliphatic carbocycles. The third-order valence-electron chi connectivity index (χ3n) is 2.18. The zero-order valence-corrected chi connectivity index (χ0v) is 10.9. The van der Waals surface area contributed by atoms with Gasteiger partial charge in [-0.05, 0) is 35.1 Å². The molecule has 0 aromatic carbocycles. The lowest BCUT2D eigenvalue weighted by atomic mass is 10.6. The zero-order chi connectivity index (χ0) is 10.5. The average molecular weight is 202 g/mol. The fraction of sp³-hybridized carbons (Fsp3) is 0.778. The van der Waals surface area contributed by atoms with Crippen LogP contribution in [-0.2, 0) is 4.74 Å². The summed E-state index contributed by atoms with van der Waals surface area (Å²) in [6.07, 6.45) is 0. The molecular weight excluding hydrogens is 180 g/mol. The van der Waals surface area contributed by atoms with Crippen LogP contribution in [0.25, 0.3) is 0 Å². The van der Waals surface area contributed by atoms with Crippen LogP contribution in [0.3, 0.4) is 0 Å². The van der Waals surface area contributed by atoms with Gasteiger partial charge in [-0.1, -0.05) is 0 Å². The van der Waals surface area contributed by atoms with Gasteiger partial charge in [0.25, 0.3) is 0 Å². The summed E-state index contributed by atoms with van der Waals surface area (Å²) in [6.45, 7) is 6.58. The first-order valence-corrected chi connectivity index (χ1v) is 6.13. The van der Waals surface area contributed by atoms with Gasteiger partial charge in [-0.3, -0.25) is 9.80 Å². The summed E-state index contributed by atoms with van der Waals surface area (Å²) in [7, 11) is 7.71. The lowest BCUT2D eigenvalue weighted by Crippen LogP contribution is -2.61. The molecule has 0 bridgehead atoms. The van der Waals surface area contributed by atoms with E-state index in [0.29, 0.717) is 0 Å². The van der Waals surface area contributed by atoms with Gasteiger partial charge in [-0.25, -0.2) is 0 Å². The van der Waals surface area contributed by atoms with E-state index in [1.54, 1.807) is 0 Å². The molecule has 0 atom stereocenters. The third-order valence-corrected chi connectivity index (χ3v) is 4.47. The molecule has 0 amide bonds. The Hall–Kier alpha value is -0.163. The number of nitrogens with zero attached hydrogens (tertiary/aromatic N) is 2. The van der Waals surface area contributed by atoms with Crippen LogP contribution in [0.4, 0.5) is 0 Å². The maximum absolute atomic E-state index is 5.84. The van der Waals surface area contributed by atoms with Crippen LogP contribution in [0.1, 0.15) is 6.92 Å². The molecule has 0 fully saturated rings. The monoisotopic (exact) mass is 202 g/mol. The Morgan fingerprint density at radius 2 is 1.77 bits per heavy atom. The van der Waals surface area contributed by atoms with E-state index in [1.165, 1.54) is 0 Å². The van der Waals surface area contributed by atoms with Crippen molar-refractivity contribution in [2.24, 2.45) is 0 Å². The van der Waals surface area contributed by atoms with E-state index in [9.17, 15) is 0 Å². The second kappa shape index (κ2) is 5.54. The van der Waals surface area contributed by atoms with Gasteiger partial charge in [0.05, 0.1) is 0 Å². The van der Waals surface area contributed by atoms with Crippen LogP contribution in [0.15, 0.2) is 12.3 Å². The van der Waals surface area contributed by atoms with Crippen molar-refractivity contribution < 1.29 is 4.74 Å². The predicted octanol–water partition coefficient (Wildman–Crippen LogP) is 0.0697. The maximum Gasteiger partial charge on any atom is 0.157 e. The minimum atomic E-state index is -0.484. The van der Waals surface area contributed by atoms with Crippen molar-refractivity contribution in [1.82, 2.24) is 9.80 Å². The molecule has 13 heavy (non-hydrogen) atoms. The van der Waals surface area contributed by atoms with E-state index in [0.717, 1.165) is 6.61 Å². The van der Waals surface area contributed by atoms with Gasteiger partial charge in [-0.15, -0.1) is 12.3 Å². The third kappa shape index (κ3) is 2.91. The summed E-state index contributed by atoms with van der Waals surface area (Å²) in [6, 6.07) is 0. The van der Waals surface area contributed by atoms with E-state index < -0.39 is 9.52 Å². The maximum atomic E-state index is 5.84. The van der Waals surface area contributed by atoms with Gasteiger partial charge < -0.3 is 4.74 Å². The summed E-state index contributed by atoms with van der Waals surface area (Å²) in [5, 5.41) is 0. The van der Waals surface area contributed by atoms with Crippen LogP contribution in [0.5, 0.6) is 0 Å². The normalized spacial score (nSPS) is 13.5. The molecule has 0 radical (unpaired) electrons. The summed E-state index contributed by atoms with van der Waals surface area (Å²) >= 11 is 0. The Balaban J connectivity index is 4.68. The number of hydrogen-bond acceptors (Lipinski definition) is 3. The van der Waals surface area contributed by atoms with Crippen molar-refractivity contribution in [2.45, 2.75) is 12.4 Å². The molecule has 0 spiro atoms. The van der Waals surface area contributed by atoms with Gasteiger partial charge in [-0.2, -0.15) is 0 Å². The molecule has 0 aliphatic heterocycles. The minimum absolute atomic E-state index is 0.212. The summed E-state index contributed by atoms with van der Waals surface area (Å²) in [5.74, 6) is 0. The predicted molar refractivity (Wildman–Crippen MR) is 60.5 cm³/mol. The summed E-state index contributed by atoms with van der Waals surface area (Å²) < 4.78 is 5.84. The Kier molecular flexibility index (Phi) is 5.47. The quantitative estimate of drug-likeness (QED) is 0.448. The molecule has 0 aromatic rings. The molecule has 0 aliphatic rings. The molecule has 0 saturated carbocycles. The number of rotatable bonds is 6. The highest BCUT2D eigenvalue weighted by molar-refractivity contribution is 6.45. The van der Waals surface area contributed by atoms with Crippen molar-refractivity contribution >= 4 is 9.52 Å². The van der Waals surface area contributed by atoms with Crippen LogP contribution >= 0.6 is 0 Å². The molecule has 0 saturated heterocycles. The van der Waals surface area contributed by atoms with Gasteiger partial charge in [0, 0.05) is 6.61 Å². The Labute approximate surface area is 84.2 Å². The van der Waals surface area contributed by atoms with Gasteiger partial charge in [0.1, 0.15) is 9.52 Å². The Morgan fingerprint density at radius 3 is 2.00 bits per heavy atom.